The van der Waals surface area contributed by atoms with Gasteiger partial charge in [0.1, 0.15) is 5.75 Å². The minimum Gasteiger partial charge on any atom is -0.495 e. The van der Waals surface area contributed by atoms with Crippen LogP contribution in [0.1, 0.15) is 40.0 Å². The van der Waals surface area contributed by atoms with E-state index in [0.717, 1.165) is 24.3 Å². The van der Waals surface area contributed by atoms with Gasteiger partial charge in [-0.3, -0.25) is 14.2 Å². The second-order valence-electron chi connectivity index (χ2n) is 6.78. The van der Waals surface area contributed by atoms with E-state index in [9.17, 15) is 27.9 Å². The van der Waals surface area contributed by atoms with Gasteiger partial charge in [-0.2, -0.15) is 13.2 Å². The maximum atomic E-state index is 13.2. The van der Waals surface area contributed by atoms with Crippen LogP contribution in [0.5, 0.6) is 5.75 Å². The topological polar surface area (TPSA) is 68.5 Å². The number of carboxylic acids is 1. The van der Waals surface area contributed by atoms with Gasteiger partial charge < -0.3 is 9.84 Å². The summed E-state index contributed by atoms with van der Waals surface area (Å²) < 4.78 is 45.0. The smallest absolute Gasteiger partial charge is 0.416 e. The van der Waals surface area contributed by atoms with Crippen molar-refractivity contribution < 1.29 is 32.6 Å². The van der Waals surface area contributed by atoms with Crippen molar-refractivity contribution in [1.82, 2.24) is 4.57 Å². The molecule has 0 aliphatic rings. The van der Waals surface area contributed by atoms with Crippen LogP contribution in [0.25, 0.3) is 10.9 Å². The Labute approximate surface area is 174 Å². The summed E-state index contributed by atoms with van der Waals surface area (Å²) >= 11 is 6.21. The maximum absolute atomic E-state index is 13.2. The largest absolute Gasteiger partial charge is 0.495 e. The third-order valence-corrected chi connectivity index (χ3v) is 5.29. The molecule has 5 nitrogen and oxygen atoms in total. The van der Waals surface area contributed by atoms with Gasteiger partial charge in [0.2, 0.25) is 0 Å². The van der Waals surface area contributed by atoms with Crippen molar-refractivity contribution in [2.75, 3.05) is 7.11 Å². The van der Waals surface area contributed by atoms with Crippen molar-refractivity contribution in [3.63, 3.8) is 0 Å². The third kappa shape index (κ3) is 3.63. The number of carbonyl (C=O) groups is 2. The van der Waals surface area contributed by atoms with Crippen LogP contribution < -0.4 is 4.74 Å². The molecule has 0 saturated heterocycles. The molecule has 3 aromatic rings. The molecule has 0 saturated carbocycles. The zero-order valence-electron chi connectivity index (χ0n) is 16.2. The summed E-state index contributed by atoms with van der Waals surface area (Å²) in [6.45, 7) is 3.06. The second kappa shape index (κ2) is 7.68. The Kier molecular flexibility index (Phi) is 5.56. The minimum atomic E-state index is -4.52. The monoisotopic (exact) mass is 439 g/mol. The number of aliphatic carboxylic acids is 1. The number of hydrogen-bond donors (Lipinski definition) is 1. The molecular weight excluding hydrogens is 423 g/mol. The summed E-state index contributed by atoms with van der Waals surface area (Å²) in [5.41, 5.74) is 0.235. The van der Waals surface area contributed by atoms with Gasteiger partial charge in [-0.15, -0.1) is 0 Å². The molecule has 3 rings (SSSR count). The predicted octanol–water partition coefficient (Wildman–Crippen LogP) is 5.51. The third-order valence-electron chi connectivity index (χ3n) is 4.99. The lowest BCUT2D eigenvalue weighted by Crippen LogP contribution is -2.15. The molecule has 158 valence electrons. The summed E-state index contributed by atoms with van der Waals surface area (Å²) in [6.07, 6.45) is -4.52. The molecule has 1 heterocycles. The molecule has 0 aliphatic carbocycles. The number of carboxylic acid groups (broad SMARTS) is 1. The average Bonchev–Trinajstić information content (AvgIpc) is 2.96. The molecule has 1 unspecified atom stereocenters. The Balaban J connectivity index is 2.25. The van der Waals surface area contributed by atoms with Gasteiger partial charge in [-0.1, -0.05) is 11.6 Å². The fourth-order valence-electron chi connectivity index (χ4n) is 3.46. The van der Waals surface area contributed by atoms with Crippen LogP contribution in [0.3, 0.4) is 0 Å². The molecule has 1 aromatic heterocycles. The Morgan fingerprint density at radius 2 is 1.77 bits per heavy atom. The molecule has 0 fully saturated rings. The van der Waals surface area contributed by atoms with Crippen molar-refractivity contribution in [2.45, 2.75) is 25.9 Å². The van der Waals surface area contributed by atoms with Gasteiger partial charge >= 0.3 is 12.1 Å². The number of nitrogens with zero attached hydrogens (tertiary/aromatic N) is 1. The van der Waals surface area contributed by atoms with Crippen molar-refractivity contribution in [2.24, 2.45) is 0 Å². The number of fused-ring (bicyclic) bond motifs is 1. The van der Waals surface area contributed by atoms with Crippen molar-refractivity contribution in [1.29, 1.82) is 0 Å². The van der Waals surface area contributed by atoms with E-state index >= 15 is 0 Å². The molecular formula is C21H17ClF3NO4. The number of benzene rings is 2. The number of hydrogen-bond acceptors (Lipinski definition) is 3. The first kappa shape index (κ1) is 21.7. The fourth-order valence-corrected chi connectivity index (χ4v) is 3.69. The summed E-state index contributed by atoms with van der Waals surface area (Å²) in [5, 5.41) is 10.2. The SMILES string of the molecule is COc1cc2c(C(C)C(=O)O)c(C)n(C(=O)c3ccc(C(F)(F)F)cc3)c2cc1Cl. The van der Waals surface area contributed by atoms with Gasteiger partial charge in [-0.25, -0.2) is 0 Å². The highest BCUT2D eigenvalue weighted by Gasteiger charge is 2.31. The molecule has 9 heteroatoms. The number of halogens is 4. The quantitative estimate of drug-likeness (QED) is 0.582. The van der Waals surface area contributed by atoms with Crippen LogP contribution in [-0.4, -0.2) is 28.7 Å². The lowest BCUT2D eigenvalue weighted by molar-refractivity contribution is -0.138. The highest BCUT2D eigenvalue weighted by atomic mass is 35.5. The van der Waals surface area contributed by atoms with E-state index in [1.807, 2.05) is 0 Å². The van der Waals surface area contributed by atoms with Gasteiger partial charge in [0.15, 0.2) is 0 Å². The number of methoxy groups -OCH3 is 1. The Bertz CT molecular complexity index is 1150. The van der Waals surface area contributed by atoms with E-state index in [4.69, 9.17) is 16.3 Å². The van der Waals surface area contributed by atoms with E-state index < -0.39 is 29.5 Å². The summed E-state index contributed by atoms with van der Waals surface area (Å²) in [7, 11) is 1.41. The van der Waals surface area contributed by atoms with E-state index in [1.54, 1.807) is 13.0 Å². The number of ether oxygens (including phenoxy) is 1. The summed E-state index contributed by atoms with van der Waals surface area (Å²) in [6, 6.07) is 6.85. The van der Waals surface area contributed by atoms with Crippen LogP contribution in [0.2, 0.25) is 5.02 Å². The number of aromatic nitrogens is 1. The molecule has 0 spiro atoms. The molecule has 0 aliphatic heterocycles. The maximum Gasteiger partial charge on any atom is 0.416 e. The molecule has 1 atom stereocenters. The van der Waals surface area contributed by atoms with Crippen LogP contribution in [0.15, 0.2) is 36.4 Å². The fraction of sp³-hybridized carbons (Fsp3) is 0.238. The standard InChI is InChI=1S/C21H17ClF3NO4/c1-10(20(28)29)18-11(2)26(16-9-15(22)17(30-3)8-14(16)18)19(27)12-4-6-13(7-5-12)21(23,24)25/h4-10H,1-3H3,(H,28,29). The molecule has 0 bridgehead atoms. The van der Waals surface area contributed by atoms with Crippen LogP contribution in [-0.2, 0) is 11.0 Å². The second-order valence-corrected chi connectivity index (χ2v) is 7.19. The lowest BCUT2D eigenvalue weighted by Gasteiger charge is -2.11. The predicted molar refractivity (Wildman–Crippen MR) is 105 cm³/mol. The number of carbonyl (C=O) groups excluding carboxylic acids is 1. The van der Waals surface area contributed by atoms with Crippen molar-refractivity contribution >= 4 is 34.4 Å². The van der Waals surface area contributed by atoms with Gasteiger partial charge in [0, 0.05) is 16.6 Å². The average molecular weight is 440 g/mol. The van der Waals surface area contributed by atoms with E-state index in [0.29, 0.717) is 27.9 Å². The normalized spacial score (nSPS) is 12.8. The minimum absolute atomic E-state index is 0.0180. The van der Waals surface area contributed by atoms with Gasteiger partial charge in [-0.05, 0) is 55.8 Å². The summed E-state index contributed by atoms with van der Waals surface area (Å²) in [5.74, 6) is -2.33. The van der Waals surface area contributed by atoms with Crippen LogP contribution in [0, 0.1) is 6.92 Å². The Morgan fingerprint density at radius 3 is 2.27 bits per heavy atom. The molecule has 1 N–H and O–H groups in total. The van der Waals surface area contributed by atoms with E-state index in [-0.39, 0.29) is 10.6 Å². The molecule has 0 amide bonds. The lowest BCUT2D eigenvalue weighted by atomic mass is 9.98. The van der Waals surface area contributed by atoms with Crippen LogP contribution >= 0.6 is 11.6 Å². The first-order valence-corrected chi connectivity index (χ1v) is 9.18. The Morgan fingerprint density at radius 1 is 1.17 bits per heavy atom. The number of alkyl halides is 3. The van der Waals surface area contributed by atoms with Crippen molar-refractivity contribution in [3.05, 3.63) is 63.8 Å². The van der Waals surface area contributed by atoms with Crippen LogP contribution in [0.4, 0.5) is 13.2 Å². The summed E-state index contributed by atoms with van der Waals surface area (Å²) in [4.78, 5) is 24.8. The highest BCUT2D eigenvalue weighted by Crippen LogP contribution is 2.38. The molecule has 0 radical (unpaired) electrons. The van der Waals surface area contributed by atoms with Gasteiger partial charge in [0.05, 0.1) is 29.1 Å². The molecule has 2 aromatic carbocycles. The first-order valence-electron chi connectivity index (χ1n) is 8.80. The zero-order valence-corrected chi connectivity index (χ0v) is 16.9. The number of rotatable bonds is 4. The highest BCUT2D eigenvalue weighted by molar-refractivity contribution is 6.33. The van der Waals surface area contributed by atoms with E-state index in [2.05, 4.69) is 0 Å². The molecule has 30 heavy (non-hydrogen) atoms. The zero-order chi connectivity index (χ0) is 22.4. The van der Waals surface area contributed by atoms with E-state index in [1.165, 1.54) is 24.7 Å². The van der Waals surface area contributed by atoms with Gasteiger partial charge in [0.25, 0.3) is 5.91 Å². The first-order chi connectivity index (χ1) is 14.0. The van der Waals surface area contributed by atoms with Crippen molar-refractivity contribution in [3.8, 4) is 5.75 Å². The Hall–Kier alpha value is -3.00.